The van der Waals surface area contributed by atoms with Gasteiger partial charge in [0.15, 0.2) is 0 Å². The van der Waals surface area contributed by atoms with Crippen LogP contribution in [0.4, 0.5) is 0 Å². The summed E-state index contributed by atoms with van der Waals surface area (Å²) in [6.45, 7) is 3.06. The van der Waals surface area contributed by atoms with Crippen LogP contribution in [0.1, 0.15) is 13.8 Å². The summed E-state index contributed by atoms with van der Waals surface area (Å²) in [7, 11) is 9.40. The summed E-state index contributed by atoms with van der Waals surface area (Å²) in [5.74, 6) is 0.167. The van der Waals surface area contributed by atoms with Crippen molar-refractivity contribution in [2.24, 2.45) is 0 Å². The van der Waals surface area contributed by atoms with E-state index in [9.17, 15) is 4.79 Å². The molecule has 0 aromatic rings. The molecule has 0 aromatic heterocycles. The Kier molecular flexibility index (Phi) is 15.1. The fourth-order valence-electron chi connectivity index (χ4n) is 0. The van der Waals surface area contributed by atoms with Gasteiger partial charge in [-0.05, 0) is 13.8 Å². The molecule has 0 radical (unpaired) electrons. The van der Waals surface area contributed by atoms with Gasteiger partial charge in [0, 0.05) is 0 Å². The van der Waals surface area contributed by atoms with E-state index in [1.165, 1.54) is 13.8 Å². The van der Waals surface area contributed by atoms with Gasteiger partial charge in [-0.3, -0.25) is 0 Å². The molecule has 0 aliphatic rings. The Bertz CT molecular complexity index is 44.2. The van der Waals surface area contributed by atoms with Gasteiger partial charge in [-0.2, -0.15) is 0 Å². The molecule has 0 aromatic carbocycles. The number of halogens is 2. The Labute approximate surface area is 57.7 Å². The Morgan fingerprint density at radius 1 is 1.43 bits per heavy atom. The predicted molar refractivity (Wildman–Crippen MR) is 28.1 cm³/mol. The molecule has 0 bridgehead atoms. The first-order chi connectivity index (χ1) is 3.15. The Hall–Kier alpha value is 0.744. The predicted octanol–water partition coefficient (Wildman–Crippen LogP) is 1.97. The molecule has 4 heteroatoms. The molecule has 48 valence electrons. The Balaban J connectivity index is 0. The van der Waals surface area contributed by atoms with Crippen LogP contribution in [-0.4, -0.2) is 5.78 Å². The summed E-state index contributed by atoms with van der Waals surface area (Å²) < 4.78 is 0. The van der Waals surface area contributed by atoms with Crippen molar-refractivity contribution in [1.82, 2.24) is 0 Å². The van der Waals surface area contributed by atoms with Gasteiger partial charge < -0.3 is 4.79 Å². The van der Waals surface area contributed by atoms with E-state index in [-0.39, 0.29) is 5.78 Å². The molecule has 1 nitrogen and oxygen atoms in total. The van der Waals surface area contributed by atoms with Crippen LogP contribution in [0.3, 0.4) is 0 Å². The molecule has 0 fully saturated rings. The second-order valence-corrected chi connectivity index (χ2v) is 2.58. The molecule has 0 saturated heterocycles. The van der Waals surface area contributed by atoms with Crippen LogP contribution in [-0.2, 0) is 17.4 Å². The fraction of sp³-hybridized carbons (Fsp3) is 0.667. The van der Waals surface area contributed by atoms with Crippen molar-refractivity contribution >= 4 is 26.2 Å². The molecule has 0 atom stereocenters. The molecule has 0 aliphatic heterocycles. The van der Waals surface area contributed by atoms with E-state index < -0.39 is 0 Å². The van der Waals surface area contributed by atoms with Crippen LogP contribution in [0.15, 0.2) is 0 Å². The van der Waals surface area contributed by atoms with Crippen LogP contribution in [0.25, 0.3) is 0 Å². The van der Waals surface area contributed by atoms with Crippen molar-refractivity contribution < 1.29 is 17.4 Å². The van der Waals surface area contributed by atoms with E-state index in [4.69, 9.17) is 20.4 Å². The Morgan fingerprint density at radius 3 is 1.43 bits per heavy atom. The first-order valence-corrected chi connectivity index (χ1v) is 4.16. The van der Waals surface area contributed by atoms with Crippen molar-refractivity contribution in [2.45, 2.75) is 13.8 Å². The third-order valence-corrected chi connectivity index (χ3v) is 0. The second-order valence-electron chi connectivity index (χ2n) is 0.953. The van der Waals surface area contributed by atoms with E-state index in [0.29, 0.717) is 12.7 Å². The molecule has 0 unspecified atom stereocenters. The molecule has 0 N–H and O–H groups in total. The van der Waals surface area contributed by atoms with Crippen LogP contribution in [0, 0.1) is 0 Å². The van der Waals surface area contributed by atoms with E-state index >= 15 is 0 Å². The quantitative estimate of drug-likeness (QED) is 0.530. The van der Waals surface area contributed by atoms with Crippen molar-refractivity contribution in [3.8, 4) is 0 Å². The van der Waals surface area contributed by atoms with Crippen LogP contribution >= 0.6 is 20.4 Å². The van der Waals surface area contributed by atoms with E-state index in [2.05, 4.69) is 0 Å². The number of rotatable bonds is 0. The fourth-order valence-corrected chi connectivity index (χ4v) is 0. The van der Waals surface area contributed by atoms with Gasteiger partial charge in [0.25, 0.3) is 0 Å². The second kappa shape index (κ2) is 9.89. The third-order valence-electron chi connectivity index (χ3n) is 0. The van der Waals surface area contributed by atoms with Crippen molar-refractivity contribution in [3.63, 3.8) is 0 Å². The zero-order valence-corrected chi connectivity index (χ0v) is 6.48. The average molecular weight is 188 g/mol. The summed E-state index contributed by atoms with van der Waals surface area (Å²) in [6.07, 6.45) is 0. The first-order valence-electron chi connectivity index (χ1n) is 1.44. The number of Topliss-reactive ketones (excluding diaryl/α,β-unsaturated/α-hetero) is 1. The van der Waals surface area contributed by atoms with Crippen molar-refractivity contribution in [2.75, 3.05) is 0 Å². The van der Waals surface area contributed by atoms with Crippen LogP contribution in [0.2, 0.25) is 0 Å². The number of hydrogen-bond donors (Lipinski definition) is 0. The number of ketones is 1. The van der Waals surface area contributed by atoms with Gasteiger partial charge in [0.05, 0.1) is 0 Å². The summed E-state index contributed by atoms with van der Waals surface area (Å²) in [5, 5.41) is 0. The average Bonchev–Trinajstić information content (AvgIpc) is 1.33. The zero-order valence-electron chi connectivity index (χ0n) is 3.98. The molecule has 0 spiro atoms. The number of carbonyl (C=O) groups is 1. The molecule has 0 aliphatic carbocycles. The molecule has 0 saturated carbocycles. The van der Waals surface area contributed by atoms with Crippen LogP contribution < -0.4 is 0 Å². The SMILES string of the molecule is CC(C)=O.[Cl][Ni][Cl]. The first kappa shape index (κ1) is 10.7. The van der Waals surface area contributed by atoms with Gasteiger partial charge in [-0.15, -0.1) is 0 Å². The maximum atomic E-state index is 9.44. The van der Waals surface area contributed by atoms with Crippen molar-refractivity contribution in [1.29, 1.82) is 0 Å². The summed E-state index contributed by atoms with van der Waals surface area (Å²) in [5.41, 5.74) is 0. The van der Waals surface area contributed by atoms with Gasteiger partial charge in [-0.1, -0.05) is 0 Å². The Morgan fingerprint density at radius 2 is 1.43 bits per heavy atom. The topological polar surface area (TPSA) is 17.1 Å². The van der Waals surface area contributed by atoms with E-state index in [1.54, 1.807) is 0 Å². The molecule has 0 amide bonds. The molecular formula is C3H6Cl2NiO. The molecule has 0 rings (SSSR count). The summed E-state index contributed by atoms with van der Waals surface area (Å²) >= 11 is 0.569. The van der Waals surface area contributed by atoms with Gasteiger partial charge in [0.2, 0.25) is 0 Å². The number of carbonyl (C=O) groups excluding carboxylic acids is 1. The summed E-state index contributed by atoms with van der Waals surface area (Å²) in [6, 6.07) is 0. The molecule has 0 heterocycles. The van der Waals surface area contributed by atoms with Crippen molar-refractivity contribution in [3.05, 3.63) is 0 Å². The molecule has 7 heavy (non-hydrogen) atoms. The zero-order chi connectivity index (χ0) is 6.28. The van der Waals surface area contributed by atoms with Gasteiger partial charge in [0.1, 0.15) is 5.78 Å². The van der Waals surface area contributed by atoms with Crippen LogP contribution in [0.5, 0.6) is 0 Å². The minimum absolute atomic E-state index is 0.167. The van der Waals surface area contributed by atoms with E-state index in [0.717, 1.165) is 0 Å². The van der Waals surface area contributed by atoms with E-state index in [1.807, 2.05) is 0 Å². The van der Waals surface area contributed by atoms with Gasteiger partial charge >= 0.3 is 33.0 Å². The molecular weight excluding hydrogens is 182 g/mol. The standard InChI is InChI=1S/C3H6O.2ClH.Ni/c1-3(2)4;;;/h1-2H3;2*1H;/q;;;+2/p-2. The minimum atomic E-state index is 0.167. The maximum absolute atomic E-state index is 9.44. The monoisotopic (exact) mass is 186 g/mol. The summed E-state index contributed by atoms with van der Waals surface area (Å²) in [4.78, 5) is 9.44. The van der Waals surface area contributed by atoms with Gasteiger partial charge in [-0.25, -0.2) is 0 Å². The third kappa shape index (κ3) is 274. The normalized spacial score (nSPS) is 6.86. The number of hydrogen-bond acceptors (Lipinski definition) is 1.